The molecule has 0 atom stereocenters. The second kappa shape index (κ2) is 12.8. The highest BCUT2D eigenvalue weighted by molar-refractivity contribution is 7.90. The normalized spacial score (nSPS) is 12.1. The van der Waals surface area contributed by atoms with E-state index in [2.05, 4.69) is 10.1 Å². The van der Waals surface area contributed by atoms with E-state index in [1.807, 2.05) is 0 Å². The van der Waals surface area contributed by atoms with Gasteiger partial charge in [-0.1, -0.05) is 30.3 Å². The van der Waals surface area contributed by atoms with Crippen molar-refractivity contribution in [3.8, 4) is 16.9 Å². The van der Waals surface area contributed by atoms with Crippen LogP contribution in [0.25, 0.3) is 11.1 Å². The van der Waals surface area contributed by atoms with Gasteiger partial charge in [0.05, 0.1) is 11.3 Å². The standard InChI is InChI=1S/C30H32F3NO6S/c1-29(2,3)40-27(35)17-18-34-28(36)22-8-5-20(6-9-22)7-10-24-19-23(13-16-26(24)41(4,37)38)21-11-14-25(15-12-21)39-30(31,32)33/h5-6,8-9,11-16,19H,7,10,17-18H2,1-4H3,(H,34,36). The monoisotopic (exact) mass is 591 g/mol. The van der Waals surface area contributed by atoms with E-state index in [0.29, 0.717) is 35.1 Å². The fourth-order valence-corrected chi connectivity index (χ4v) is 4.99. The molecule has 3 aromatic carbocycles. The zero-order chi connectivity index (χ0) is 30.4. The van der Waals surface area contributed by atoms with E-state index in [0.717, 1.165) is 11.8 Å². The third-order valence-corrected chi connectivity index (χ3v) is 7.01. The van der Waals surface area contributed by atoms with Crippen LogP contribution in [0.3, 0.4) is 0 Å². The van der Waals surface area contributed by atoms with Crippen molar-refractivity contribution in [3.63, 3.8) is 0 Å². The van der Waals surface area contributed by atoms with E-state index in [4.69, 9.17) is 4.74 Å². The minimum absolute atomic E-state index is 0.0499. The number of carbonyl (C=O) groups excluding carboxylic acids is 2. The Morgan fingerprint density at radius 1 is 0.854 bits per heavy atom. The molecule has 220 valence electrons. The summed E-state index contributed by atoms with van der Waals surface area (Å²) in [4.78, 5) is 24.4. The molecule has 3 aromatic rings. The molecule has 0 saturated carbocycles. The van der Waals surface area contributed by atoms with Crippen molar-refractivity contribution < 1.29 is 40.7 Å². The molecule has 1 N–H and O–H groups in total. The first-order chi connectivity index (χ1) is 19.0. The molecular weight excluding hydrogens is 559 g/mol. The lowest BCUT2D eigenvalue weighted by Gasteiger charge is -2.19. The molecule has 0 heterocycles. The number of benzene rings is 3. The van der Waals surface area contributed by atoms with Crippen molar-refractivity contribution in [3.05, 3.63) is 83.4 Å². The second-order valence-electron chi connectivity index (χ2n) is 10.5. The van der Waals surface area contributed by atoms with E-state index >= 15 is 0 Å². The Balaban J connectivity index is 1.67. The quantitative estimate of drug-likeness (QED) is 0.295. The molecule has 0 unspecified atom stereocenters. The van der Waals surface area contributed by atoms with E-state index in [1.165, 1.54) is 30.3 Å². The summed E-state index contributed by atoms with van der Waals surface area (Å²) in [6, 6.07) is 17.0. The Labute approximate surface area is 237 Å². The lowest BCUT2D eigenvalue weighted by molar-refractivity contribution is -0.274. The topological polar surface area (TPSA) is 98.8 Å². The second-order valence-corrected chi connectivity index (χ2v) is 12.4. The predicted octanol–water partition coefficient (Wildman–Crippen LogP) is 5.90. The van der Waals surface area contributed by atoms with Gasteiger partial charge >= 0.3 is 12.3 Å². The molecule has 0 aliphatic rings. The number of amides is 1. The van der Waals surface area contributed by atoms with Crippen LogP contribution in [-0.2, 0) is 32.2 Å². The Bertz CT molecular complexity index is 1480. The Morgan fingerprint density at radius 2 is 1.46 bits per heavy atom. The third-order valence-electron chi connectivity index (χ3n) is 5.82. The average Bonchev–Trinajstić information content (AvgIpc) is 2.85. The fraction of sp³-hybridized carbons (Fsp3) is 0.333. The molecule has 7 nitrogen and oxygen atoms in total. The third kappa shape index (κ3) is 10.2. The van der Waals surface area contributed by atoms with Crippen molar-refractivity contribution in [2.75, 3.05) is 12.8 Å². The maximum absolute atomic E-state index is 12.5. The number of halogens is 3. The van der Waals surface area contributed by atoms with E-state index < -0.39 is 27.8 Å². The van der Waals surface area contributed by atoms with Gasteiger partial charge < -0.3 is 14.8 Å². The average molecular weight is 592 g/mol. The van der Waals surface area contributed by atoms with Gasteiger partial charge in [0.25, 0.3) is 5.91 Å². The summed E-state index contributed by atoms with van der Waals surface area (Å²) in [6.07, 6.45) is -2.78. The van der Waals surface area contributed by atoms with Crippen molar-refractivity contribution in [2.45, 2.75) is 56.9 Å². The zero-order valence-corrected chi connectivity index (χ0v) is 24.0. The SMILES string of the molecule is CC(C)(C)OC(=O)CCNC(=O)c1ccc(CCc2cc(-c3ccc(OC(F)(F)F)cc3)ccc2S(C)(=O)=O)cc1. The van der Waals surface area contributed by atoms with Crippen molar-refractivity contribution in [1.29, 1.82) is 0 Å². The summed E-state index contributed by atoms with van der Waals surface area (Å²) >= 11 is 0. The number of esters is 1. The molecule has 0 aliphatic heterocycles. The molecule has 0 spiro atoms. The molecule has 0 bridgehead atoms. The highest BCUT2D eigenvalue weighted by Gasteiger charge is 2.31. The number of ether oxygens (including phenoxy) is 2. The smallest absolute Gasteiger partial charge is 0.460 e. The summed E-state index contributed by atoms with van der Waals surface area (Å²) in [5.41, 5.74) is 2.49. The van der Waals surface area contributed by atoms with Gasteiger partial charge in [-0.3, -0.25) is 9.59 Å². The number of alkyl halides is 3. The number of aryl methyl sites for hydroxylation is 2. The fourth-order valence-electron chi connectivity index (χ4n) is 4.04. The van der Waals surface area contributed by atoms with Crippen LogP contribution in [-0.4, -0.2) is 45.1 Å². The van der Waals surface area contributed by atoms with Gasteiger partial charge in [-0.25, -0.2) is 8.42 Å². The molecule has 3 rings (SSSR count). The molecular formula is C30H32F3NO6S. The van der Waals surface area contributed by atoms with Gasteiger partial charge in [0, 0.05) is 18.4 Å². The number of hydrogen-bond donors (Lipinski definition) is 1. The van der Waals surface area contributed by atoms with Gasteiger partial charge in [-0.2, -0.15) is 0 Å². The highest BCUT2D eigenvalue weighted by atomic mass is 32.2. The summed E-state index contributed by atoms with van der Waals surface area (Å²) in [5, 5.41) is 2.68. The number of sulfone groups is 1. The first-order valence-corrected chi connectivity index (χ1v) is 14.7. The van der Waals surface area contributed by atoms with Crippen LogP contribution in [0.4, 0.5) is 13.2 Å². The van der Waals surface area contributed by atoms with E-state index in [-0.39, 0.29) is 29.5 Å². The summed E-state index contributed by atoms with van der Waals surface area (Å²) in [5.74, 6) is -1.09. The van der Waals surface area contributed by atoms with E-state index in [9.17, 15) is 31.2 Å². The van der Waals surface area contributed by atoms with Gasteiger partial charge in [0.2, 0.25) is 0 Å². The minimum atomic E-state index is -4.80. The molecule has 0 aromatic heterocycles. The first kappa shape index (κ1) is 31.7. The van der Waals surface area contributed by atoms with Gasteiger partial charge in [-0.05, 0) is 92.3 Å². The predicted molar refractivity (Wildman–Crippen MR) is 148 cm³/mol. The summed E-state index contributed by atoms with van der Waals surface area (Å²) in [7, 11) is -3.54. The Morgan fingerprint density at radius 3 is 2.02 bits per heavy atom. The van der Waals surface area contributed by atoms with Crippen LogP contribution in [0.1, 0.15) is 48.7 Å². The van der Waals surface area contributed by atoms with Gasteiger partial charge in [-0.15, -0.1) is 13.2 Å². The first-order valence-electron chi connectivity index (χ1n) is 12.8. The molecule has 0 saturated heterocycles. The molecule has 0 aliphatic carbocycles. The highest BCUT2D eigenvalue weighted by Crippen LogP contribution is 2.29. The molecule has 11 heteroatoms. The van der Waals surface area contributed by atoms with Crippen molar-refractivity contribution in [1.82, 2.24) is 5.32 Å². The molecule has 1 amide bonds. The van der Waals surface area contributed by atoms with Crippen LogP contribution in [0.5, 0.6) is 5.75 Å². The number of rotatable bonds is 10. The van der Waals surface area contributed by atoms with Crippen LogP contribution in [0.15, 0.2) is 71.6 Å². The lowest BCUT2D eigenvalue weighted by Crippen LogP contribution is -2.29. The largest absolute Gasteiger partial charge is 0.573 e. The van der Waals surface area contributed by atoms with Crippen LogP contribution in [0, 0.1) is 0 Å². The number of carbonyl (C=O) groups is 2. The molecule has 41 heavy (non-hydrogen) atoms. The minimum Gasteiger partial charge on any atom is -0.460 e. The van der Waals surface area contributed by atoms with Crippen molar-refractivity contribution >= 4 is 21.7 Å². The maximum atomic E-state index is 12.5. The van der Waals surface area contributed by atoms with Gasteiger partial charge in [0.15, 0.2) is 9.84 Å². The maximum Gasteiger partial charge on any atom is 0.573 e. The van der Waals surface area contributed by atoms with Crippen LogP contribution in [0.2, 0.25) is 0 Å². The Hall–Kier alpha value is -3.86. The van der Waals surface area contributed by atoms with Crippen LogP contribution < -0.4 is 10.1 Å². The molecule has 0 radical (unpaired) electrons. The Kier molecular flexibility index (Phi) is 9.85. The number of hydrogen-bond acceptors (Lipinski definition) is 6. The zero-order valence-electron chi connectivity index (χ0n) is 23.2. The van der Waals surface area contributed by atoms with Crippen molar-refractivity contribution in [2.24, 2.45) is 0 Å². The van der Waals surface area contributed by atoms with E-state index in [1.54, 1.807) is 57.2 Å². The summed E-state index contributed by atoms with van der Waals surface area (Å²) in [6.45, 7) is 5.44. The van der Waals surface area contributed by atoms with Crippen LogP contribution >= 0.6 is 0 Å². The number of nitrogens with one attached hydrogen (secondary N) is 1. The van der Waals surface area contributed by atoms with Gasteiger partial charge in [0.1, 0.15) is 11.4 Å². The molecule has 0 fully saturated rings. The lowest BCUT2D eigenvalue weighted by atomic mass is 9.98. The summed E-state index contributed by atoms with van der Waals surface area (Å²) < 4.78 is 71.3.